The van der Waals surface area contributed by atoms with Crippen molar-refractivity contribution in [1.82, 2.24) is 5.32 Å². The number of carbonyl (C=O) groups excluding carboxylic acids is 4. The molecule has 3 aliphatic rings. The van der Waals surface area contributed by atoms with Crippen LogP contribution in [0.15, 0.2) is 28.7 Å². The van der Waals surface area contributed by atoms with Crippen LogP contribution in [0.25, 0.3) is 0 Å². The monoisotopic (exact) mass is 527 g/mol. The minimum Gasteiger partial charge on any atom is -0.511 e. The van der Waals surface area contributed by atoms with Crippen molar-refractivity contribution < 1.29 is 39.2 Å². The number of anilines is 1. The number of nitrogens with one attached hydrogen (secondary N) is 1. The average Bonchev–Trinajstić information content (AvgIpc) is 2.77. The third kappa shape index (κ3) is 3.84. The first-order valence-corrected chi connectivity index (χ1v) is 12.3. The van der Waals surface area contributed by atoms with E-state index in [1.807, 2.05) is 0 Å². The maximum Gasteiger partial charge on any atom is 0.255 e. The lowest BCUT2D eigenvalue weighted by atomic mass is 9.60. The van der Waals surface area contributed by atoms with E-state index in [9.17, 15) is 34.5 Å². The molecular formula is C27H33N3O8. The normalized spacial score (nSPS) is 25.0. The molecule has 0 aliphatic heterocycles. The second kappa shape index (κ2) is 8.87. The highest BCUT2D eigenvalue weighted by Gasteiger charge is 2.61. The number of hydrogen-bond acceptors (Lipinski definition) is 9. The summed E-state index contributed by atoms with van der Waals surface area (Å²) in [5.41, 5.74) is 2.58. The first-order valence-electron chi connectivity index (χ1n) is 12.3. The number of Topliss-reactive ketones (excluding diaryl/α,β-unsaturated/α-hetero) is 2. The number of ketones is 2. The first kappa shape index (κ1) is 27.2. The number of rotatable bonds is 4. The molecule has 0 saturated heterocycles. The van der Waals surface area contributed by atoms with Gasteiger partial charge in [0.25, 0.3) is 11.8 Å². The number of aliphatic hydroxyl groups excluding tert-OH is 2. The van der Waals surface area contributed by atoms with E-state index in [4.69, 9.17) is 10.5 Å². The van der Waals surface area contributed by atoms with E-state index in [0.29, 0.717) is 11.3 Å². The number of methoxy groups -OCH3 is 1. The number of aliphatic hydroxyl groups is 2. The molecule has 0 spiro atoms. The minimum atomic E-state index is -2.10. The predicted molar refractivity (Wildman–Crippen MR) is 137 cm³/mol. The van der Waals surface area contributed by atoms with Crippen molar-refractivity contribution in [2.24, 2.45) is 17.6 Å². The second-order valence-corrected chi connectivity index (χ2v) is 11.3. The van der Waals surface area contributed by atoms with E-state index in [0.717, 1.165) is 0 Å². The number of phenolic OH excluding ortho intramolecular Hbond substituents is 1. The van der Waals surface area contributed by atoms with Gasteiger partial charge in [0.1, 0.15) is 22.8 Å². The zero-order valence-electron chi connectivity index (χ0n) is 22.3. The number of phenols is 1. The minimum absolute atomic E-state index is 0.109. The maximum atomic E-state index is 14.0. The number of amides is 2. The molecule has 4 rings (SSSR count). The fraction of sp³-hybridized carbons (Fsp3) is 0.481. The number of hydrogen-bond donors (Lipinski definition) is 5. The Hall–Kier alpha value is -3.86. The van der Waals surface area contributed by atoms with Crippen molar-refractivity contribution in [2.45, 2.75) is 51.2 Å². The molecule has 0 saturated carbocycles. The summed E-state index contributed by atoms with van der Waals surface area (Å²) in [5.74, 6) is -6.59. The first-order chi connectivity index (χ1) is 17.6. The molecule has 0 unspecified atom stereocenters. The molecule has 0 aromatic heterocycles. The molecule has 204 valence electrons. The summed E-state index contributed by atoms with van der Waals surface area (Å²) in [6, 6.07) is 1.52. The Balaban J connectivity index is 1.95. The number of ether oxygens (including phenoxy) is 1. The van der Waals surface area contributed by atoms with E-state index in [-0.39, 0.29) is 36.0 Å². The van der Waals surface area contributed by atoms with Crippen LogP contribution in [0, 0.1) is 11.8 Å². The highest BCUT2D eigenvalue weighted by Crippen LogP contribution is 2.53. The zero-order valence-corrected chi connectivity index (χ0v) is 22.3. The third-order valence-electron chi connectivity index (χ3n) is 7.54. The van der Waals surface area contributed by atoms with Gasteiger partial charge in [-0.2, -0.15) is 0 Å². The summed E-state index contributed by atoms with van der Waals surface area (Å²) in [5, 5.41) is 35.9. The van der Waals surface area contributed by atoms with Crippen LogP contribution in [-0.4, -0.2) is 71.0 Å². The fourth-order valence-corrected chi connectivity index (χ4v) is 5.98. The van der Waals surface area contributed by atoms with Gasteiger partial charge in [0.2, 0.25) is 5.78 Å². The molecule has 0 fully saturated rings. The van der Waals surface area contributed by atoms with Gasteiger partial charge >= 0.3 is 0 Å². The van der Waals surface area contributed by atoms with Crippen molar-refractivity contribution in [3.63, 3.8) is 0 Å². The number of primary amides is 1. The van der Waals surface area contributed by atoms with E-state index in [1.165, 1.54) is 13.2 Å². The van der Waals surface area contributed by atoms with E-state index < -0.39 is 69.2 Å². The smallest absolute Gasteiger partial charge is 0.255 e. The molecule has 0 heterocycles. The molecule has 6 N–H and O–H groups in total. The summed E-state index contributed by atoms with van der Waals surface area (Å²) in [6.45, 7) is 5.34. The number of nitrogens with two attached hydrogens (primary N) is 1. The lowest BCUT2D eigenvalue weighted by Gasteiger charge is -2.47. The van der Waals surface area contributed by atoms with Gasteiger partial charge in [-0.1, -0.05) is 0 Å². The van der Waals surface area contributed by atoms with Crippen molar-refractivity contribution >= 4 is 29.1 Å². The van der Waals surface area contributed by atoms with Gasteiger partial charge in [0.05, 0.1) is 11.1 Å². The molecule has 1 aromatic rings. The van der Waals surface area contributed by atoms with E-state index in [1.54, 1.807) is 39.8 Å². The summed E-state index contributed by atoms with van der Waals surface area (Å²) in [7, 11) is 4.66. The van der Waals surface area contributed by atoms with Gasteiger partial charge in [-0.15, -0.1) is 0 Å². The Bertz CT molecular complexity index is 1350. The van der Waals surface area contributed by atoms with Crippen LogP contribution in [0.1, 0.15) is 59.9 Å². The highest BCUT2D eigenvalue weighted by molar-refractivity contribution is 6.25. The number of benzene rings is 1. The maximum absolute atomic E-state index is 14.0. The Labute approximate surface area is 219 Å². The topological polar surface area (TPSA) is 179 Å². The second-order valence-electron chi connectivity index (χ2n) is 11.3. The van der Waals surface area contributed by atoms with Gasteiger partial charge < -0.3 is 36.0 Å². The molecule has 38 heavy (non-hydrogen) atoms. The van der Waals surface area contributed by atoms with Crippen LogP contribution in [0.2, 0.25) is 0 Å². The van der Waals surface area contributed by atoms with Crippen molar-refractivity contribution in [3.8, 4) is 5.75 Å². The molecule has 2 amide bonds. The molecule has 3 atom stereocenters. The van der Waals surface area contributed by atoms with E-state index >= 15 is 0 Å². The quantitative estimate of drug-likeness (QED) is 0.365. The van der Waals surface area contributed by atoms with E-state index in [2.05, 4.69) is 5.32 Å². The van der Waals surface area contributed by atoms with Gasteiger partial charge in [-0.3, -0.25) is 19.2 Å². The number of allylic oxidation sites excluding steroid dienone is 2. The van der Waals surface area contributed by atoms with Crippen LogP contribution in [0.5, 0.6) is 5.75 Å². The Morgan fingerprint density at radius 2 is 1.79 bits per heavy atom. The zero-order chi connectivity index (χ0) is 28.5. The van der Waals surface area contributed by atoms with Crippen LogP contribution in [0.3, 0.4) is 0 Å². The SMILES string of the molecule is CO[C@@]12C(=O)C(C(N)=O)=C(O)C[C@@H]1C[C@@H]1Cc3c(N(C)C)cc(C(=O)NC(C)(C)C)c(O)c3C(=O)C1=C2O. The average molecular weight is 528 g/mol. The molecule has 11 heteroatoms. The molecule has 11 nitrogen and oxygen atoms in total. The predicted octanol–water partition coefficient (Wildman–Crippen LogP) is 1.83. The number of nitrogens with zero attached hydrogens (tertiary/aromatic N) is 1. The molecule has 1 aromatic carbocycles. The Morgan fingerprint density at radius 1 is 1.16 bits per heavy atom. The van der Waals surface area contributed by atoms with Gasteiger partial charge in [-0.05, 0) is 51.2 Å². The Kier molecular flexibility index (Phi) is 6.34. The van der Waals surface area contributed by atoms with Crippen molar-refractivity contribution in [2.75, 3.05) is 26.1 Å². The van der Waals surface area contributed by atoms with Crippen LogP contribution in [0.4, 0.5) is 5.69 Å². The lowest BCUT2D eigenvalue weighted by molar-refractivity contribution is -0.149. The van der Waals surface area contributed by atoms with Crippen LogP contribution >= 0.6 is 0 Å². The summed E-state index contributed by atoms with van der Waals surface area (Å²) in [4.78, 5) is 54.2. The number of aromatic hydroxyl groups is 1. The number of carbonyl (C=O) groups is 4. The number of fused-ring (bicyclic) bond motifs is 3. The van der Waals surface area contributed by atoms with Crippen molar-refractivity contribution in [3.05, 3.63) is 45.4 Å². The standard InChI is InChI=1S/C27H33N3O8/c1-26(2,3)29-25(37)14-10-15(30(4)5)13-8-11-7-12-9-16(31)19(24(28)36)23(35)27(12,38-6)22(34)17(11)21(33)18(13)20(14)32/h10-12,31-32,34H,7-9H2,1-6H3,(H2,28,36)(H,29,37)/t11-,12+,27+/m1/s1. The van der Waals surface area contributed by atoms with Crippen LogP contribution in [-0.2, 0) is 20.7 Å². The Morgan fingerprint density at radius 3 is 2.32 bits per heavy atom. The molecular weight excluding hydrogens is 494 g/mol. The summed E-state index contributed by atoms with van der Waals surface area (Å²) in [6.07, 6.45) is 0.213. The van der Waals surface area contributed by atoms with Crippen LogP contribution < -0.4 is 16.0 Å². The summed E-state index contributed by atoms with van der Waals surface area (Å²) >= 11 is 0. The highest BCUT2D eigenvalue weighted by atomic mass is 16.5. The van der Waals surface area contributed by atoms with Gasteiger partial charge in [-0.25, -0.2) is 0 Å². The lowest BCUT2D eigenvalue weighted by Crippen LogP contribution is -2.58. The summed E-state index contributed by atoms with van der Waals surface area (Å²) < 4.78 is 5.53. The largest absolute Gasteiger partial charge is 0.511 e. The molecule has 0 radical (unpaired) electrons. The molecule has 0 bridgehead atoms. The van der Waals surface area contributed by atoms with Crippen molar-refractivity contribution in [1.29, 1.82) is 0 Å². The van der Waals surface area contributed by atoms with Gasteiger partial charge in [0.15, 0.2) is 11.4 Å². The third-order valence-corrected chi connectivity index (χ3v) is 7.54. The fourth-order valence-electron chi connectivity index (χ4n) is 5.98. The molecule has 3 aliphatic carbocycles. The van der Waals surface area contributed by atoms with Gasteiger partial charge in [0, 0.05) is 50.3 Å².